The first-order valence-electron chi connectivity index (χ1n) is 7.59. The second-order valence-electron chi connectivity index (χ2n) is 5.51. The van der Waals surface area contributed by atoms with Crippen LogP contribution in [0.25, 0.3) is 0 Å². The molecule has 1 aliphatic rings. The van der Waals surface area contributed by atoms with Gasteiger partial charge >= 0.3 is 5.97 Å². The van der Waals surface area contributed by atoms with Crippen LogP contribution in [-0.4, -0.2) is 49.6 Å². The van der Waals surface area contributed by atoms with Crippen LogP contribution in [0.4, 0.5) is 0 Å². The number of sulfonamides is 1. The van der Waals surface area contributed by atoms with Crippen LogP contribution in [0.3, 0.4) is 0 Å². The molecule has 23 heavy (non-hydrogen) atoms. The zero-order valence-electron chi connectivity index (χ0n) is 13.4. The lowest BCUT2D eigenvalue weighted by molar-refractivity contribution is -0.137. The zero-order chi connectivity index (χ0) is 16.9. The molecule has 1 saturated carbocycles. The lowest BCUT2D eigenvalue weighted by Gasteiger charge is -2.30. The van der Waals surface area contributed by atoms with Crippen molar-refractivity contribution in [2.75, 3.05) is 19.9 Å². The molecular weight excluding hydrogens is 336 g/mol. The van der Waals surface area contributed by atoms with Gasteiger partial charge in [-0.15, -0.1) is 0 Å². The predicted octanol–water partition coefficient (Wildman–Crippen LogP) is 2.30. The number of pyridine rings is 1. The van der Waals surface area contributed by atoms with Crippen LogP contribution in [0.15, 0.2) is 28.3 Å². The van der Waals surface area contributed by atoms with E-state index in [0.717, 1.165) is 25.7 Å². The van der Waals surface area contributed by atoms with Crippen molar-refractivity contribution in [2.45, 2.75) is 48.1 Å². The van der Waals surface area contributed by atoms with Crippen molar-refractivity contribution in [2.24, 2.45) is 0 Å². The number of hydrogen-bond acceptors (Lipinski definition) is 6. The van der Waals surface area contributed by atoms with Crippen LogP contribution < -0.4 is 0 Å². The fourth-order valence-corrected chi connectivity index (χ4v) is 4.64. The summed E-state index contributed by atoms with van der Waals surface area (Å²) in [7, 11) is -0.551. The molecule has 1 aromatic rings. The highest BCUT2D eigenvalue weighted by molar-refractivity contribution is 7.99. The zero-order valence-corrected chi connectivity index (χ0v) is 15.0. The van der Waals surface area contributed by atoms with Crippen LogP contribution in [0.5, 0.6) is 0 Å². The topological polar surface area (TPSA) is 76.6 Å². The number of aromatic nitrogens is 1. The van der Waals surface area contributed by atoms with Gasteiger partial charge in [0.15, 0.2) is 0 Å². The van der Waals surface area contributed by atoms with Crippen LogP contribution >= 0.6 is 11.8 Å². The maximum absolute atomic E-state index is 12.7. The third-order valence-corrected chi connectivity index (χ3v) is 6.85. The van der Waals surface area contributed by atoms with Crippen LogP contribution in [-0.2, 0) is 19.6 Å². The van der Waals surface area contributed by atoms with Gasteiger partial charge < -0.3 is 4.74 Å². The molecule has 8 heteroatoms. The van der Waals surface area contributed by atoms with Crippen molar-refractivity contribution in [1.29, 1.82) is 0 Å². The maximum atomic E-state index is 12.7. The number of methoxy groups -OCH3 is 1. The Kier molecular flexibility index (Phi) is 6.43. The summed E-state index contributed by atoms with van der Waals surface area (Å²) >= 11 is 1.21. The molecule has 0 aliphatic heterocycles. The van der Waals surface area contributed by atoms with E-state index in [1.54, 1.807) is 19.2 Å². The highest BCUT2D eigenvalue weighted by atomic mass is 32.2. The summed E-state index contributed by atoms with van der Waals surface area (Å²) in [6, 6.07) is 3.23. The number of rotatable bonds is 6. The van der Waals surface area contributed by atoms with Crippen molar-refractivity contribution >= 4 is 27.8 Å². The molecule has 0 amide bonds. The van der Waals surface area contributed by atoms with E-state index < -0.39 is 10.0 Å². The van der Waals surface area contributed by atoms with Crippen LogP contribution in [0, 0.1) is 0 Å². The third kappa shape index (κ3) is 4.68. The summed E-state index contributed by atoms with van der Waals surface area (Å²) < 4.78 is 31.4. The Labute approximate surface area is 141 Å². The summed E-state index contributed by atoms with van der Waals surface area (Å²) in [4.78, 5) is 15.4. The first-order chi connectivity index (χ1) is 10.9. The first kappa shape index (κ1) is 18.2. The number of carbonyl (C=O) groups is 1. The van der Waals surface area contributed by atoms with Crippen LogP contribution in [0.2, 0.25) is 0 Å². The molecule has 1 aliphatic carbocycles. The maximum Gasteiger partial charge on any atom is 0.316 e. The van der Waals surface area contributed by atoms with Crippen molar-refractivity contribution in [3.63, 3.8) is 0 Å². The smallest absolute Gasteiger partial charge is 0.316 e. The summed E-state index contributed by atoms with van der Waals surface area (Å²) in [6.07, 6.45) is 6.51. The molecule has 128 valence electrons. The van der Waals surface area contributed by atoms with Gasteiger partial charge in [-0.3, -0.25) is 4.79 Å². The fraction of sp³-hybridized carbons (Fsp3) is 0.600. The fourth-order valence-electron chi connectivity index (χ4n) is 2.60. The minimum absolute atomic E-state index is 0.0714. The molecule has 0 unspecified atom stereocenters. The van der Waals surface area contributed by atoms with Gasteiger partial charge in [-0.2, -0.15) is 4.31 Å². The summed E-state index contributed by atoms with van der Waals surface area (Å²) in [5.41, 5.74) is 0. The molecule has 0 saturated heterocycles. The lowest BCUT2D eigenvalue weighted by Crippen LogP contribution is -2.38. The molecule has 0 N–H and O–H groups in total. The van der Waals surface area contributed by atoms with Gasteiger partial charge in [0.05, 0.1) is 17.9 Å². The number of nitrogens with zero attached hydrogens (tertiary/aromatic N) is 2. The van der Waals surface area contributed by atoms with Crippen molar-refractivity contribution in [1.82, 2.24) is 9.29 Å². The van der Waals surface area contributed by atoms with E-state index in [9.17, 15) is 13.2 Å². The average Bonchev–Trinajstić information content (AvgIpc) is 2.60. The summed E-state index contributed by atoms with van der Waals surface area (Å²) in [5.74, 6) is -0.192. The minimum atomic E-state index is -3.52. The van der Waals surface area contributed by atoms with E-state index in [1.807, 2.05) is 0 Å². The third-order valence-electron chi connectivity index (χ3n) is 4.04. The van der Waals surface area contributed by atoms with E-state index in [0.29, 0.717) is 5.03 Å². The summed E-state index contributed by atoms with van der Waals surface area (Å²) in [6.45, 7) is 0. The molecule has 1 aromatic heterocycles. The number of hydrogen-bond donors (Lipinski definition) is 0. The Balaban J connectivity index is 2.06. The molecule has 1 heterocycles. The van der Waals surface area contributed by atoms with E-state index in [1.165, 1.54) is 35.8 Å². The monoisotopic (exact) mass is 358 g/mol. The molecule has 6 nitrogen and oxygen atoms in total. The van der Waals surface area contributed by atoms with Crippen LogP contribution in [0.1, 0.15) is 32.1 Å². The minimum Gasteiger partial charge on any atom is -0.468 e. The SMILES string of the molecule is COC(=O)CSc1ccc(S(=O)(=O)N(C)C2CCCCC2)cn1. The number of carbonyl (C=O) groups excluding carboxylic acids is 1. The normalized spacial score (nSPS) is 16.5. The highest BCUT2D eigenvalue weighted by Crippen LogP contribution is 2.26. The predicted molar refractivity (Wildman–Crippen MR) is 88.8 cm³/mol. The molecule has 0 bridgehead atoms. The van der Waals surface area contributed by atoms with Gasteiger partial charge in [0.25, 0.3) is 0 Å². The molecule has 0 atom stereocenters. The average molecular weight is 358 g/mol. The Bertz CT molecular complexity index is 625. The quantitative estimate of drug-likeness (QED) is 0.574. The van der Waals surface area contributed by atoms with E-state index >= 15 is 0 Å². The second-order valence-corrected chi connectivity index (χ2v) is 8.50. The molecule has 2 rings (SSSR count). The Morgan fingerprint density at radius 3 is 2.61 bits per heavy atom. The van der Waals surface area contributed by atoms with Gasteiger partial charge in [0.2, 0.25) is 10.0 Å². The van der Waals surface area contributed by atoms with Gasteiger partial charge in [0.1, 0.15) is 4.90 Å². The summed E-state index contributed by atoms with van der Waals surface area (Å²) in [5, 5.41) is 0.592. The molecule has 0 spiro atoms. The molecule has 1 fully saturated rings. The second kappa shape index (κ2) is 8.12. The number of esters is 1. The Hall–Kier alpha value is -1.12. The number of thioether (sulfide) groups is 1. The van der Waals surface area contributed by atoms with Crippen molar-refractivity contribution in [3.8, 4) is 0 Å². The molecule has 0 aromatic carbocycles. The van der Waals surface area contributed by atoms with E-state index in [4.69, 9.17) is 0 Å². The van der Waals surface area contributed by atoms with E-state index in [2.05, 4.69) is 9.72 Å². The molecular formula is C15H22N2O4S2. The largest absolute Gasteiger partial charge is 0.468 e. The molecule has 0 radical (unpaired) electrons. The van der Waals surface area contributed by atoms with Gasteiger partial charge in [-0.1, -0.05) is 31.0 Å². The van der Waals surface area contributed by atoms with E-state index in [-0.39, 0.29) is 22.7 Å². The van der Waals surface area contributed by atoms with Crippen molar-refractivity contribution < 1.29 is 17.9 Å². The lowest BCUT2D eigenvalue weighted by atomic mass is 9.96. The Morgan fingerprint density at radius 1 is 1.35 bits per heavy atom. The highest BCUT2D eigenvalue weighted by Gasteiger charge is 2.29. The number of ether oxygens (including phenoxy) is 1. The van der Waals surface area contributed by atoms with Gasteiger partial charge in [-0.25, -0.2) is 13.4 Å². The standard InChI is InChI=1S/C15H22N2O4S2/c1-17(12-6-4-3-5-7-12)23(19,20)13-8-9-14(16-10-13)22-11-15(18)21-2/h8-10,12H,3-7,11H2,1-2H3. The van der Waals surface area contributed by atoms with Gasteiger partial charge in [-0.05, 0) is 25.0 Å². The Morgan fingerprint density at radius 2 is 2.04 bits per heavy atom. The van der Waals surface area contributed by atoms with Gasteiger partial charge in [0, 0.05) is 19.3 Å². The van der Waals surface area contributed by atoms with Crippen molar-refractivity contribution in [3.05, 3.63) is 18.3 Å². The first-order valence-corrected chi connectivity index (χ1v) is 10.0.